The van der Waals surface area contributed by atoms with Crippen molar-refractivity contribution in [2.75, 3.05) is 26.7 Å². The van der Waals surface area contributed by atoms with Gasteiger partial charge in [-0.1, -0.05) is 6.92 Å². The molecule has 1 heterocycles. The van der Waals surface area contributed by atoms with Gasteiger partial charge in [0.2, 0.25) is 5.91 Å². The predicted molar refractivity (Wildman–Crippen MR) is 58.1 cm³/mol. The number of amides is 1. The fourth-order valence-corrected chi connectivity index (χ4v) is 1.96. The second-order valence-electron chi connectivity index (χ2n) is 4.23. The van der Waals surface area contributed by atoms with E-state index in [4.69, 9.17) is 0 Å². The molecule has 0 aromatic carbocycles. The molecular formula is C11H22N2O. The number of rotatable bonds is 4. The van der Waals surface area contributed by atoms with E-state index in [1.807, 2.05) is 11.9 Å². The van der Waals surface area contributed by atoms with Gasteiger partial charge >= 0.3 is 0 Å². The zero-order valence-corrected chi connectivity index (χ0v) is 9.38. The first-order valence-electron chi connectivity index (χ1n) is 5.68. The van der Waals surface area contributed by atoms with Crippen LogP contribution in [0.2, 0.25) is 0 Å². The van der Waals surface area contributed by atoms with Crippen molar-refractivity contribution in [2.24, 2.45) is 5.92 Å². The lowest BCUT2D eigenvalue weighted by molar-refractivity contribution is -0.131. The summed E-state index contributed by atoms with van der Waals surface area (Å²) in [6.45, 7) is 5.13. The van der Waals surface area contributed by atoms with Gasteiger partial charge in [-0.25, -0.2) is 0 Å². The lowest BCUT2D eigenvalue weighted by Gasteiger charge is -2.24. The molecule has 3 nitrogen and oxygen atoms in total. The molecule has 1 fully saturated rings. The van der Waals surface area contributed by atoms with Crippen molar-refractivity contribution in [1.29, 1.82) is 0 Å². The van der Waals surface area contributed by atoms with Crippen LogP contribution in [0, 0.1) is 5.92 Å². The van der Waals surface area contributed by atoms with Crippen molar-refractivity contribution in [2.45, 2.75) is 32.6 Å². The molecule has 1 aliphatic rings. The van der Waals surface area contributed by atoms with Gasteiger partial charge in [-0.05, 0) is 38.3 Å². The molecule has 3 heteroatoms. The van der Waals surface area contributed by atoms with Gasteiger partial charge in [0, 0.05) is 20.0 Å². The molecule has 1 unspecified atom stereocenters. The third-order valence-corrected chi connectivity index (χ3v) is 2.85. The van der Waals surface area contributed by atoms with Crippen LogP contribution in [0.15, 0.2) is 0 Å². The molecule has 1 rings (SSSR count). The fourth-order valence-electron chi connectivity index (χ4n) is 1.96. The maximum Gasteiger partial charge on any atom is 0.222 e. The average molecular weight is 198 g/mol. The number of carbonyl (C=O) groups is 1. The first-order valence-corrected chi connectivity index (χ1v) is 5.68. The Labute approximate surface area is 86.9 Å². The third-order valence-electron chi connectivity index (χ3n) is 2.85. The van der Waals surface area contributed by atoms with Gasteiger partial charge in [-0.2, -0.15) is 0 Å². The number of piperidine rings is 1. The molecule has 82 valence electrons. The van der Waals surface area contributed by atoms with Crippen LogP contribution >= 0.6 is 0 Å². The van der Waals surface area contributed by atoms with Crippen LogP contribution in [0.4, 0.5) is 0 Å². The quantitative estimate of drug-likeness (QED) is 0.737. The number of nitrogens with zero attached hydrogens (tertiary/aromatic N) is 1. The number of hydrogen-bond acceptors (Lipinski definition) is 2. The Balaban J connectivity index is 2.24. The summed E-state index contributed by atoms with van der Waals surface area (Å²) in [6.07, 6.45) is 4.20. The number of nitrogens with one attached hydrogen (secondary N) is 1. The molecule has 1 saturated heterocycles. The Kier molecular flexibility index (Phi) is 4.94. The smallest absolute Gasteiger partial charge is 0.222 e. The van der Waals surface area contributed by atoms with E-state index in [0.717, 1.165) is 32.5 Å². The Morgan fingerprint density at radius 1 is 1.57 bits per heavy atom. The summed E-state index contributed by atoms with van der Waals surface area (Å²) in [6, 6.07) is 0. The Bertz CT molecular complexity index is 176. The molecule has 1 atom stereocenters. The maximum atomic E-state index is 11.7. The molecule has 1 N–H and O–H groups in total. The van der Waals surface area contributed by atoms with E-state index in [1.54, 1.807) is 0 Å². The summed E-state index contributed by atoms with van der Waals surface area (Å²) in [5.41, 5.74) is 0. The van der Waals surface area contributed by atoms with Crippen molar-refractivity contribution in [3.05, 3.63) is 0 Å². The molecule has 0 aromatic rings. The molecule has 0 spiro atoms. The van der Waals surface area contributed by atoms with Crippen LogP contribution in [0.25, 0.3) is 0 Å². The lowest BCUT2D eigenvalue weighted by atomic mass is 9.96. The molecule has 0 saturated carbocycles. The zero-order valence-electron chi connectivity index (χ0n) is 9.38. The SMILES string of the molecule is CCCN(C)C(=O)CC1CCCNC1. The van der Waals surface area contributed by atoms with Crippen LogP contribution < -0.4 is 5.32 Å². The monoisotopic (exact) mass is 198 g/mol. The van der Waals surface area contributed by atoms with Crippen LogP contribution in [0.3, 0.4) is 0 Å². The van der Waals surface area contributed by atoms with Gasteiger partial charge in [0.25, 0.3) is 0 Å². The summed E-state index contributed by atoms with van der Waals surface area (Å²) in [4.78, 5) is 13.6. The van der Waals surface area contributed by atoms with E-state index >= 15 is 0 Å². The van der Waals surface area contributed by atoms with Crippen molar-refractivity contribution < 1.29 is 4.79 Å². The van der Waals surface area contributed by atoms with E-state index in [9.17, 15) is 4.79 Å². The zero-order chi connectivity index (χ0) is 10.4. The minimum atomic E-state index is 0.306. The largest absolute Gasteiger partial charge is 0.346 e. The lowest BCUT2D eigenvalue weighted by Crippen LogP contribution is -2.35. The van der Waals surface area contributed by atoms with Gasteiger partial charge in [0.15, 0.2) is 0 Å². The first-order chi connectivity index (χ1) is 6.74. The molecule has 1 amide bonds. The van der Waals surface area contributed by atoms with Gasteiger partial charge < -0.3 is 10.2 Å². The number of hydrogen-bond donors (Lipinski definition) is 1. The van der Waals surface area contributed by atoms with E-state index in [-0.39, 0.29) is 0 Å². The highest BCUT2D eigenvalue weighted by atomic mass is 16.2. The predicted octanol–water partition coefficient (Wildman–Crippen LogP) is 1.24. The van der Waals surface area contributed by atoms with Crippen molar-refractivity contribution in [1.82, 2.24) is 10.2 Å². The second-order valence-corrected chi connectivity index (χ2v) is 4.23. The second kappa shape index (κ2) is 6.02. The highest BCUT2D eigenvalue weighted by molar-refractivity contribution is 5.76. The summed E-state index contributed by atoms with van der Waals surface area (Å²) in [5, 5.41) is 3.34. The van der Waals surface area contributed by atoms with Crippen molar-refractivity contribution >= 4 is 5.91 Å². The van der Waals surface area contributed by atoms with Crippen LogP contribution in [0.1, 0.15) is 32.6 Å². The Hall–Kier alpha value is -0.570. The van der Waals surface area contributed by atoms with Crippen molar-refractivity contribution in [3.8, 4) is 0 Å². The standard InChI is InChI=1S/C11H22N2O/c1-3-7-13(2)11(14)8-10-5-4-6-12-9-10/h10,12H,3-9H2,1-2H3. The van der Waals surface area contributed by atoms with Crippen LogP contribution in [0.5, 0.6) is 0 Å². The van der Waals surface area contributed by atoms with Gasteiger partial charge in [0.05, 0.1) is 0 Å². The first kappa shape index (κ1) is 11.5. The van der Waals surface area contributed by atoms with E-state index in [1.165, 1.54) is 12.8 Å². The molecule has 0 aliphatic carbocycles. The average Bonchev–Trinajstić information content (AvgIpc) is 2.19. The normalized spacial score (nSPS) is 22.0. The molecule has 14 heavy (non-hydrogen) atoms. The Morgan fingerprint density at radius 2 is 2.36 bits per heavy atom. The third kappa shape index (κ3) is 3.66. The van der Waals surface area contributed by atoms with E-state index < -0.39 is 0 Å². The molecule has 0 radical (unpaired) electrons. The minimum absolute atomic E-state index is 0.306. The van der Waals surface area contributed by atoms with Crippen molar-refractivity contribution in [3.63, 3.8) is 0 Å². The summed E-state index contributed by atoms with van der Waals surface area (Å²) < 4.78 is 0. The fraction of sp³-hybridized carbons (Fsp3) is 0.909. The minimum Gasteiger partial charge on any atom is -0.346 e. The summed E-state index contributed by atoms with van der Waals surface area (Å²) in [5.74, 6) is 0.871. The van der Waals surface area contributed by atoms with Gasteiger partial charge in [-0.3, -0.25) is 4.79 Å². The van der Waals surface area contributed by atoms with Crippen LogP contribution in [-0.4, -0.2) is 37.5 Å². The van der Waals surface area contributed by atoms with E-state index in [2.05, 4.69) is 12.2 Å². The van der Waals surface area contributed by atoms with Gasteiger partial charge in [0.1, 0.15) is 0 Å². The molecular weight excluding hydrogens is 176 g/mol. The highest BCUT2D eigenvalue weighted by Crippen LogP contribution is 2.14. The number of carbonyl (C=O) groups excluding carboxylic acids is 1. The maximum absolute atomic E-state index is 11.7. The highest BCUT2D eigenvalue weighted by Gasteiger charge is 2.18. The topological polar surface area (TPSA) is 32.3 Å². The molecule has 1 aliphatic heterocycles. The molecule has 0 aromatic heterocycles. The summed E-state index contributed by atoms with van der Waals surface area (Å²) in [7, 11) is 1.90. The van der Waals surface area contributed by atoms with E-state index in [0.29, 0.717) is 11.8 Å². The van der Waals surface area contributed by atoms with Gasteiger partial charge in [-0.15, -0.1) is 0 Å². The Morgan fingerprint density at radius 3 is 2.93 bits per heavy atom. The molecule has 0 bridgehead atoms. The van der Waals surface area contributed by atoms with Crippen LogP contribution in [-0.2, 0) is 4.79 Å². The summed E-state index contributed by atoms with van der Waals surface area (Å²) >= 11 is 0.